The van der Waals surface area contributed by atoms with Crippen LogP contribution in [0.2, 0.25) is 0 Å². The van der Waals surface area contributed by atoms with E-state index in [1.54, 1.807) is 12.1 Å². The molecule has 0 fully saturated rings. The van der Waals surface area contributed by atoms with Crippen molar-refractivity contribution >= 4 is 17.7 Å². The molecule has 0 bridgehead atoms. The summed E-state index contributed by atoms with van der Waals surface area (Å²) in [4.78, 5) is 10.2. The zero-order valence-corrected chi connectivity index (χ0v) is 10.5. The molecule has 1 amide bonds. The van der Waals surface area contributed by atoms with Crippen LogP contribution in [0, 0.1) is 5.82 Å². The number of alkyl halides is 1. The predicted octanol–water partition coefficient (Wildman–Crippen LogP) is 2.64. The fourth-order valence-corrected chi connectivity index (χ4v) is 1.48. The van der Waals surface area contributed by atoms with E-state index < -0.39 is 11.9 Å². The molecule has 0 aliphatic carbocycles. The van der Waals surface area contributed by atoms with Gasteiger partial charge in [-0.2, -0.15) is 0 Å². The van der Waals surface area contributed by atoms with E-state index in [-0.39, 0.29) is 12.3 Å². The molecule has 100 valence electrons. The fourth-order valence-electron chi connectivity index (χ4n) is 1.37. The van der Waals surface area contributed by atoms with Crippen molar-refractivity contribution in [3.63, 3.8) is 0 Å². The summed E-state index contributed by atoms with van der Waals surface area (Å²) in [5.74, 6) is 0.216. The lowest BCUT2D eigenvalue weighted by Crippen LogP contribution is -2.23. The number of halogens is 2. The molecule has 0 aliphatic rings. The smallest absolute Gasteiger partial charge is 0.404 e. The summed E-state index contributed by atoms with van der Waals surface area (Å²) in [5, 5.41) is 10.6. The van der Waals surface area contributed by atoms with Crippen LogP contribution in [-0.2, 0) is 6.42 Å². The Bertz CT molecular complexity index is 401. The van der Waals surface area contributed by atoms with Gasteiger partial charge >= 0.3 is 6.09 Å². The number of carboxylic acid groups (broad SMARTS) is 1. The molecule has 0 unspecified atom stereocenters. The Labute approximate surface area is 110 Å². The van der Waals surface area contributed by atoms with Gasteiger partial charge in [-0.05, 0) is 30.5 Å². The number of benzene rings is 1. The Morgan fingerprint density at radius 3 is 2.89 bits per heavy atom. The molecule has 0 radical (unpaired) electrons. The van der Waals surface area contributed by atoms with Crippen molar-refractivity contribution in [2.24, 2.45) is 0 Å². The van der Waals surface area contributed by atoms with Crippen LogP contribution in [0.3, 0.4) is 0 Å². The average Bonchev–Trinajstić information content (AvgIpc) is 2.31. The molecule has 18 heavy (non-hydrogen) atoms. The lowest BCUT2D eigenvalue weighted by Gasteiger charge is -2.08. The lowest BCUT2D eigenvalue weighted by atomic mass is 10.1. The van der Waals surface area contributed by atoms with Gasteiger partial charge in [0.1, 0.15) is 0 Å². The van der Waals surface area contributed by atoms with Gasteiger partial charge in [-0.25, -0.2) is 9.18 Å². The van der Waals surface area contributed by atoms with Crippen LogP contribution in [-0.4, -0.2) is 30.2 Å². The minimum atomic E-state index is -1.09. The van der Waals surface area contributed by atoms with E-state index >= 15 is 0 Å². The van der Waals surface area contributed by atoms with Gasteiger partial charge in [0, 0.05) is 12.4 Å². The minimum absolute atomic E-state index is 0.190. The first kappa shape index (κ1) is 14.6. The summed E-state index contributed by atoms with van der Waals surface area (Å²) in [7, 11) is 0. The van der Waals surface area contributed by atoms with Crippen LogP contribution in [0.5, 0.6) is 5.75 Å². The van der Waals surface area contributed by atoms with E-state index in [1.165, 1.54) is 6.07 Å². The third-order valence-electron chi connectivity index (χ3n) is 2.22. The van der Waals surface area contributed by atoms with E-state index in [0.29, 0.717) is 30.9 Å². The van der Waals surface area contributed by atoms with E-state index in [9.17, 15) is 9.18 Å². The van der Waals surface area contributed by atoms with Crippen LogP contribution in [0.25, 0.3) is 0 Å². The molecule has 1 aromatic rings. The van der Waals surface area contributed by atoms with Crippen LogP contribution >= 0.6 is 11.6 Å². The first-order chi connectivity index (χ1) is 8.63. The molecule has 0 aliphatic heterocycles. The van der Waals surface area contributed by atoms with Gasteiger partial charge in [0.05, 0.1) is 6.61 Å². The summed E-state index contributed by atoms with van der Waals surface area (Å²) < 4.78 is 18.8. The molecule has 1 rings (SSSR count). The monoisotopic (exact) mass is 275 g/mol. The van der Waals surface area contributed by atoms with Crippen LogP contribution in [0.4, 0.5) is 9.18 Å². The quantitative estimate of drug-likeness (QED) is 0.594. The Kier molecular flexibility index (Phi) is 6.28. The van der Waals surface area contributed by atoms with Crippen LogP contribution < -0.4 is 10.1 Å². The molecule has 0 aromatic heterocycles. The molecule has 0 saturated heterocycles. The van der Waals surface area contributed by atoms with Gasteiger partial charge in [-0.15, -0.1) is 11.6 Å². The van der Waals surface area contributed by atoms with Crippen LogP contribution in [0.1, 0.15) is 12.0 Å². The van der Waals surface area contributed by atoms with Crippen molar-refractivity contribution in [1.29, 1.82) is 0 Å². The molecule has 2 N–H and O–H groups in total. The number of rotatable bonds is 7. The second-order valence-electron chi connectivity index (χ2n) is 3.64. The zero-order valence-electron chi connectivity index (χ0n) is 9.79. The largest absolute Gasteiger partial charge is 0.490 e. The molecule has 0 heterocycles. The maximum absolute atomic E-state index is 13.6. The standard InChI is InChI=1S/C12H15ClFNO3/c13-5-1-7-18-11-3-2-9(8-10(11)14)4-6-15-12(16)17/h2-3,8,15H,1,4-7H2,(H,16,17). The van der Waals surface area contributed by atoms with Gasteiger partial charge in [0.2, 0.25) is 0 Å². The third-order valence-corrected chi connectivity index (χ3v) is 2.49. The molecular formula is C12H15ClFNO3. The minimum Gasteiger partial charge on any atom is -0.490 e. The van der Waals surface area contributed by atoms with Crippen LogP contribution in [0.15, 0.2) is 18.2 Å². The Morgan fingerprint density at radius 1 is 1.50 bits per heavy atom. The molecule has 0 saturated carbocycles. The highest BCUT2D eigenvalue weighted by molar-refractivity contribution is 6.17. The molecule has 0 spiro atoms. The molecule has 0 atom stereocenters. The number of hydrogen-bond acceptors (Lipinski definition) is 2. The number of nitrogens with one attached hydrogen (secondary N) is 1. The normalized spacial score (nSPS) is 10.1. The van der Waals surface area contributed by atoms with Gasteiger partial charge in [0.15, 0.2) is 11.6 Å². The number of amides is 1. The Balaban J connectivity index is 2.48. The second kappa shape index (κ2) is 7.76. The van der Waals surface area contributed by atoms with E-state index in [4.69, 9.17) is 21.4 Å². The molecule has 6 heteroatoms. The van der Waals surface area contributed by atoms with Crippen molar-refractivity contribution in [1.82, 2.24) is 5.32 Å². The number of ether oxygens (including phenoxy) is 1. The number of carbonyl (C=O) groups is 1. The van der Waals surface area contributed by atoms with Crippen molar-refractivity contribution in [2.75, 3.05) is 19.0 Å². The topological polar surface area (TPSA) is 58.6 Å². The molecule has 4 nitrogen and oxygen atoms in total. The second-order valence-corrected chi connectivity index (χ2v) is 4.02. The summed E-state index contributed by atoms with van der Waals surface area (Å²) in [5.41, 5.74) is 0.714. The maximum atomic E-state index is 13.6. The summed E-state index contributed by atoms with van der Waals surface area (Å²) in [6.45, 7) is 0.627. The highest BCUT2D eigenvalue weighted by atomic mass is 35.5. The maximum Gasteiger partial charge on any atom is 0.404 e. The van der Waals surface area contributed by atoms with Crippen molar-refractivity contribution in [3.05, 3.63) is 29.6 Å². The molecular weight excluding hydrogens is 261 g/mol. The summed E-state index contributed by atoms with van der Waals surface area (Å²) in [6.07, 6.45) is 0.00713. The van der Waals surface area contributed by atoms with E-state index in [2.05, 4.69) is 5.32 Å². The Morgan fingerprint density at radius 2 is 2.28 bits per heavy atom. The van der Waals surface area contributed by atoms with E-state index in [0.717, 1.165) is 0 Å². The lowest BCUT2D eigenvalue weighted by molar-refractivity contribution is 0.194. The summed E-state index contributed by atoms with van der Waals surface area (Å²) in [6, 6.07) is 4.60. The summed E-state index contributed by atoms with van der Waals surface area (Å²) >= 11 is 5.49. The van der Waals surface area contributed by atoms with E-state index in [1.807, 2.05) is 0 Å². The predicted molar refractivity (Wildman–Crippen MR) is 67.0 cm³/mol. The zero-order chi connectivity index (χ0) is 13.4. The Hall–Kier alpha value is -1.49. The molecule has 1 aromatic carbocycles. The highest BCUT2D eigenvalue weighted by Gasteiger charge is 2.05. The first-order valence-electron chi connectivity index (χ1n) is 5.57. The van der Waals surface area contributed by atoms with Gasteiger partial charge < -0.3 is 15.2 Å². The first-order valence-corrected chi connectivity index (χ1v) is 6.11. The SMILES string of the molecule is O=C(O)NCCc1ccc(OCCCCl)c(F)c1. The van der Waals surface area contributed by atoms with Crippen molar-refractivity contribution in [3.8, 4) is 5.75 Å². The van der Waals surface area contributed by atoms with Crippen molar-refractivity contribution in [2.45, 2.75) is 12.8 Å². The van der Waals surface area contributed by atoms with Gasteiger partial charge in [-0.1, -0.05) is 6.07 Å². The number of hydrogen-bond donors (Lipinski definition) is 2. The van der Waals surface area contributed by atoms with Crippen molar-refractivity contribution < 1.29 is 19.0 Å². The fraction of sp³-hybridized carbons (Fsp3) is 0.417. The highest BCUT2D eigenvalue weighted by Crippen LogP contribution is 2.18. The van der Waals surface area contributed by atoms with Gasteiger partial charge in [0.25, 0.3) is 0 Å². The third kappa shape index (κ3) is 5.23. The van der Waals surface area contributed by atoms with Gasteiger partial charge in [-0.3, -0.25) is 0 Å². The average molecular weight is 276 g/mol.